The van der Waals surface area contributed by atoms with Crippen molar-refractivity contribution in [2.45, 2.75) is 39.0 Å². The van der Waals surface area contributed by atoms with Crippen LogP contribution in [0.4, 0.5) is 0 Å². The van der Waals surface area contributed by atoms with E-state index in [2.05, 4.69) is 13.5 Å². The van der Waals surface area contributed by atoms with E-state index in [1.165, 1.54) is 37.7 Å². The van der Waals surface area contributed by atoms with Crippen LogP contribution in [0, 0.1) is 11.3 Å². The molecule has 2 aliphatic carbocycles. The number of hydrogen-bond acceptors (Lipinski definition) is 0. The average molecular weight is 136 g/mol. The van der Waals surface area contributed by atoms with Crippen molar-refractivity contribution in [2.24, 2.45) is 11.3 Å². The van der Waals surface area contributed by atoms with Crippen LogP contribution in [0.5, 0.6) is 0 Å². The molecule has 0 heteroatoms. The molecule has 0 radical (unpaired) electrons. The Labute approximate surface area is 63.3 Å². The number of hydrogen-bond donors (Lipinski definition) is 0. The van der Waals surface area contributed by atoms with Crippen LogP contribution in [0.15, 0.2) is 12.2 Å². The Morgan fingerprint density at radius 2 is 2.40 bits per heavy atom. The first-order valence-electron chi connectivity index (χ1n) is 4.37. The van der Waals surface area contributed by atoms with Crippen molar-refractivity contribution in [3.8, 4) is 0 Å². The van der Waals surface area contributed by atoms with E-state index < -0.39 is 0 Å². The second kappa shape index (κ2) is 1.87. The van der Waals surface area contributed by atoms with Gasteiger partial charge in [-0.3, -0.25) is 0 Å². The van der Waals surface area contributed by atoms with Crippen LogP contribution in [0.3, 0.4) is 0 Å². The highest BCUT2D eigenvalue weighted by Crippen LogP contribution is 2.60. The molecule has 10 heavy (non-hydrogen) atoms. The molecule has 0 aliphatic heterocycles. The maximum absolute atomic E-state index is 4.10. The molecule has 2 rings (SSSR count). The topological polar surface area (TPSA) is 0 Å². The van der Waals surface area contributed by atoms with Crippen LogP contribution in [-0.4, -0.2) is 0 Å². The quantitative estimate of drug-likeness (QED) is 0.449. The number of allylic oxidation sites excluding steroid dienone is 1. The monoisotopic (exact) mass is 136 g/mol. The van der Waals surface area contributed by atoms with Crippen LogP contribution < -0.4 is 0 Å². The fraction of sp³-hybridized carbons (Fsp3) is 0.800. The zero-order valence-electron chi connectivity index (χ0n) is 6.82. The number of rotatable bonds is 0. The first-order chi connectivity index (χ1) is 4.71. The maximum atomic E-state index is 4.10. The summed E-state index contributed by atoms with van der Waals surface area (Å²) in [5.74, 6) is 1.06. The van der Waals surface area contributed by atoms with Gasteiger partial charge >= 0.3 is 0 Å². The van der Waals surface area contributed by atoms with E-state index in [4.69, 9.17) is 0 Å². The van der Waals surface area contributed by atoms with E-state index >= 15 is 0 Å². The predicted octanol–water partition coefficient (Wildman–Crippen LogP) is 3.14. The average Bonchev–Trinajstić information content (AvgIpc) is 2.40. The minimum atomic E-state index is 0.702. The van der Waals surface area contributed by atoms with Crippen molar-refractivity contribution in [2.75, 3.05) is 0 Å². The molecule has 0 aromatic rings. The summed E-state index contributed by atoms with van der Waals surface area (Å²) in [4.78, 5) is 0. The van der Waals surface area contributed by atoms with Gasteiger partial charge in [0.2, 0.25) is 0 Å². The van der Waals surface area contributed by atoms with Crippen molar-refractivity contribution in [1.29, 1.82) is 0 Å². The van der Waals surface area contributed by atoms with Gasteiger partial charge in [0.1, 0.15) is 0 Å². The molecule has 0 aromatic heterocycles. The molecule has 0 N–H and O–H groups in total. The molecular weight excluding hydrogens is 120 g/mol. The lowest BCUT2D eigenvalue weighted by Crippen LogP contribution is -1.95. The van der Waals surface area contributed by atoms with Crippen LogP contribution in [0.25, 0.3) is 0 Å². The third-order valence-electron chi connectivity index (χ3n) is 3.27. The van der Waals surface area contributed by atoms with Crippen LogP contribution in [0.2, 0.25) is 0 Å². The first kappa shape index (κ1) is 6.45. The van der Waals surface area contributed by atoms with Crippen LogP contribution in [0.1, 0.15) is 39.0 Å². The minimum absolute atomic E-state index is 0.702. The second-order valence-corrected chi connectivity index (χ2v) is 4.37. The molecule has 2 aliphatic rings. The largest absolute Gasteiger partial charge is 0.0998 e. The lowest BCUT2D eigenvalue weighted by Gasteiger charge is -2.07. The van der Waals surface area contributed by atoms with Gasteiger partial charge in [0.15, 0.2) is 0 Å². The lowest BCUT2D eigenvalue weighted by atomic mass is 9.98. The van der Waals surface area contributed by atoms with E-state index in [0.717, 1.165) is 5.92 Å². The van der Waals surface area contributed by atoms with Crippen molar-refractivity contribution in [3.05, 3.63) is 12.2 Å². The van der Waals surface area contributed by atoms with Gasteiger partial charge in [-0.15, -0.1) is 0 Å². The first-order valence-corrected chi connectivity index (χ1v) is 4.37. The van der Waals surface area contributed by atoms with Gasteiger partial charge in [0.25, 0.3) is 0 Å². The molecule has 0 bridgehead atoms. The molecule has 0 saturated heterocycles. The Kier molecular flexibility index (Phi) is 1.21. The Hall–Kier alpha value is -0.260. The molecule has 2 saturated carbocycles. The highest BCUT2D eigenvalue weighted by Gasteiger charge is 2.49. The van der Waals surface area contributed by atoms with Crippen molar-refractivity contribution < 1.29 is 0 Å². The fourth-order valence-electron chi connectivity index (χ4n) is 2.43. The van der Waals surface area contributed by atoms with E-state index in [-0.39, 0.29) is 0 Å². The highest BCUT2D eigenvalue weighted by atomic mass is 14.5. The zero-order valence-corrected chi connectivity index (χ0v) is 6.82. The predicted molar refractivity (Wildman–Crippen MR) is 43.8 cm³/mol. The van der Waals surface area contributed by atoms with Gasteiger partial charge in [-0.05, 0) is 43.4 Å². The smallest absolute Gasteiger partial charge is 0.0257 e. The van der Waals surface area contributed by atoms with Crippen LogP contribution >= 0.6 is 0 Å². The molecule has 2 atom stereocenters. The highest BCUT2D eigenvalue weighted by molar-refractivity contribution is 5.11. The van der Waals surface area contributed by atoms with Crippen molar-refractivity contribution in [3.63, 3.8) is 0 Å². The molecule has 0 nitrogen and oxygen atoms in total. The van der Waals surface area contributed by atoms with Gasteiger partial charge in [0, 0.05) is 0 Å². The van der Waals surface area contributed by atoms with Gasteiger partial charge in [0.05, 0.1) is 0 Å². The summed E-state index contributed by atoms with van der Waals surface area (Å²) in [5.41, 5.74) is 2.20. The van der Waals surface area contributed by atoms with E-state index in [1.807, 2.05) is 0 Å². The maximum Gasteiger partial charge on any atom is -0.0257 e. The lowest BCUT2D eigenvalue weighted by molar-refractivity contribution is 0.502. The summed E-state index contributed by atoms with van der Waals surface area (Å²) in [5, 5.41) is 0. The standard InChI is InChI=1S/C10H16/c1-8-4-3-5-9-7-10(9,2)6-8/h9H,1,3-7H2,2H3. The Bertz CT molecular complexity index is 169. The molecule has 56 valence electrons. The summed E-state index contributed by atoms with van der Waals surface area (Å²) in [6, 6.07) is 0. The third-order valence-corrected chi connectivity index (χ3v) is 3.27. The van der Waals surface area contributed by atoms with Crippen molar-refractivity contribution >= 4 is 0 Å². The second-order valence-electron chi connectivity index (χ2n) is 4.37. The van der Waals surface area contributed by atoms with Gasteiger partial charge in [-0.1, -0.05) is 19.1 Å². The summed E-state index contributed by atoms with van der Waals surface area (Å²) in [7, 11) is 0. The zero-order chi connectivity index (χ0) is 7.19. The molecular formula is C10H16. The SMILES string of the molecule is C=C1CCCC2CC2(C)C1. The number of fused-ring (bicyclic) bond motifs is 1. The Morgan fingerprint density at radius 1 is 1.60 bits per heavy atom. The Morgan fingerprint density at radius 3 is 3.20 bits per heavy atom. The molecule has 0 heterocycles. The molecule has 0 spiro atoms. The van der Waals surface area contributed by atoms with E-state index in [9.17, 15) is 0 Å². The van der Waals surface area contributed by atoms with E-state index in [0.29, 0.717) is 5.41 Å². The molecule has 0 aromatic carbocycles. The molecule has 0 amide bonds. The molecule has 2 unspecified atom stereocenters. The van der Waals surface area contributed by atoms with Gasteiger partial charge < -0.3 is 0 Å². The molecule has 2 fully saturated rings. The third kappa shape index (κ3) is 0.902. The van der Waals surface area contributed by atoms with E-state index in [1.54, 1.807) is 0 Å². The normalized spacial score (nSPS) is 46.1. The summed E-state index contributed by atoms with van der Waals surface area (Å²) < 4.78 is 0. The summed E-state index contributed by atoms with van der Waals surface area (Å²) >= 11 is 0. The fourth-order valence-corrected chi connectivity index (χ4v) is 2.43. The van der Waals surface area contributed by atoms with Crippen molar-refractivity contribution in [1.82, 2.24) is 0 Å². The summed E-state index contributed by atoms with van der Waals surface area (Å²) in [6.45, 7) is 6.52. The summed E-state index contributed by atoms with van der Waals surface area (Å²) in [6.07, 6.45) is 6.96. The Balaban J connectivity index is 2.09. The van der Waals surface area contributed by atoms with Gasteiger partial charge in [-0.25, -0.2) is 0 Å². The van der Waals surface area contributed by atoms with Crippen LogP contribution in [-0.2, 0) is 0 Å². The minimum Gasteiger partial charge on any atom is -0.0998 e. The van der Waals surface area contributed by atoms with Gasteiger partial charge in [-0.2, -0.15) is 0 Å².